The third-order valence-corrected chi connectivity index (χ3v) is 4.69. The van der Waals surface area contributed by atoms with Gasteiger partial charge < -0.3 is 9.88 Å². The number of carbonyl (C=O) groups excluding carboxylic acids is 1. The molecule has 2 heterocycles. The topological polar surface area (TPSA) is 77.6 Å². The van der Waals surface area contributed by atoms with Gasteiger partial charge in [-0.2, -0.15) is 4.68 Å². The number of tetrazole rings is 1. The average molecular weight is 378 g/mol. The molecule has 0 radical (unpaired) electrons. The number of nitrogens with one attached hydrogen (secondary N) is 1. The quantitative estimate of drug-likeness (QED) is 0.579. The van der Waals surface area contributed by atoms with Gasteiger partial charge in [-0.05, 0) is 65.7 Å². The molecule has 4 aromatic rings. The van der Waals surface area contributed by atoms with Crippen molar-refractivity contribution in [2.45, 2.75) is 13.3 Å². The Hall–Kier alpha value is -3.55. The summed E-state index contributed by atoms with van der Waals surface area (Å²) >= 11 is 0. The van der Waals surface area contributed by atoms with Crippen molar-refractivity contribution in [3.8, 4) is 5.69 Å². The van der Waals surface area contributed by atoms with Crippen LogP contribution in [-0.2, 0) is 13.5 Å². The van der Waals surface area contributed by atoms with E-state index in [1.54, 1.807) is 35.9 Å². The standard InChI is InChI=1S/C20H19FN6O/c1-13-23-24-25-27(13)17-5-3-4-14(10-17)20(28)22-9-8-15-12-26(2)19-7-6-16(21)11-18(15)19/h3-7,10-12H,8-9H2,1-2H3,(H,22,28). The van der Waals surface area contributed by atoms with Gasteiger partial charge in [-0.1, -0.05) is 6.07 Å². The predicted octanol–water partition coefficient (Wildman–Crippen LogP) is 2.57. The lowest BCUT2D eigenvalue weighted by Crippen LogP contribution is -2.25. The molecular weight excluding hydrogens is 359 g/mol. The van der Waals surface area contributed by atoms with Crippen LogP contribution in [0.25, 0.3) is 16.6 Å². The molecule has 0 bridgehead atoms. The monoisotopic (exact) mass is 378 g/mol. The second-order valence-corrected chi connectivity index (χ2v) is 6.62. The highest BCUT2D eigenvalue weighted by Gasteiger charge is 2.11. The van der Waals surface area contributed by atoms with Crippen molar-refractivity contribution in [1.82, 2.24) is 30.1 Å². The summed E-state index contributed by atoms with van der Waals surface area (Å²) < 4.78 is 17.1. The van der Waals surface area contributed by atoms with Gasteiger partial charge in [-0.3, -0.25) is 4.79 Å². The van der Waals surface area contributed by atoms with E-state index in [4.69, 9.17) is 0 Å². The fourth-order valence-electron chi connectivity index (χ4n) is 3.31. The zero-order valence-electron chi connectivity index (χ0n) is 15.6. The number of hydrogen-bond acceptors (Lipinski definition) is 4. The summed E-state index contributed by atoms with van der Waals surface area (Å²) in [6.07, 6.45) is 2.58. The lowest BCUT2D eigenvalue weighted by Gasteiger charge is -2.07. The fourth-order valence-corrected chi connectivity index (χ4v) is 3.31. The molecule has 0 saturated carbocycles. The molecule has 2 aromatic heterocycles. The Morgan fingerprint density at radius 1 is 1.21 bits per heavy atom. The van der Waals surface area contributed by atoms with Crippen molar-refractivity contribution >= 4 is 16.8 Å². The van der Waals surface area contributed by atoms with Gasteiger partial charge in [-0.15, -0.1) is 5.10 Å². The molecular formula is C20H19FN6O. The normalized spacial score (nSPS) is 11.1. The molecule has 0 atom stereocenters. The number of fused-ring (bicyclic) bond motifs is 1. The number of carbonyl (C=O) groups is 1. The highest BCUT2D eigenvalue weighted by Crippen LogP contribution is 2.22. The van der Waals surface area contributed by atoms with Gasteiger partial charge in [0.05, 0.1) is 5.69 Å². The molecule has 0 saturated heterocycles. The second kappa shape index (κ2) is 7.22. The number of amides is 1. The number of halogens is 1. The molecule has 2 aromatic carbocycles. The number of rotatable bonds is 5. The van der Waals surface area contributed by atoms with Gasteiger partial charge in [0.1, 0.15) is 5.82 Å². The van der Waals surface area contributed by atoms with Crippen LogP contribution in [0, 0.1) is 12.7 Å². The van der Waals surface area contributed by atoms with Crippen LogP contribution in [0.2, 0.25) is 0 Å². The van der Waals surface area contributed by atoms with Crippen LogP contribution in [-0.4, -0.2) is 37.2 Å². The minimum Gasteiger partial charge on any atom is -0.352 e. The van der Waals surface area contributed by atoms with Gasteiger partial charge in [-0.25, -0.2) is 4.39 Å². The summed E-state index contributed by atoms with van der Waals surface area (Å²) in [6.45, 7) is 2.24. The van der Waals surface area contributed by atoms with E-state index in [9.17, 15) is 9.18 Å². The highest BCUT2D eigenvalue weighted by molar-refractivity contribution is 5.94. The van der Waals surface area contributed by atoms with Crippen LogP contribution in [0.4, 0.5) is 4.39 Å². The van der Waals surface area contributed by atoms with E-state index in [0.29, 0.717) is 24.4 Å². The molecule has 0 spiro atoms. The number of aryl methyl sites for hydroxylation is 2. The van der Waals surface area contributed by atoms with Crippen LogP contribution >= 0.6 is 0 Å². The van der Waals surface area contributed by atoms with Crippen molar-refractivity contribution in [2.75, 3.05) is 6.54 Å². The third kappa shape index (κ3) is 3.36. The third-order valence-electron chi connectivity index (χ3n) is 4.69. The second-order valence-electron chi connectivity index (χ2n) is 6.62. The maximum Gasteiger partial charge on any atom is 0.251 e. The van der Waals surface area contributed by atoms with Crippen molar-refractivity contribution in [3.05, 3.63) is 71.4 Å². The van der Waals surface area contributed by atoms with Gasteiger partial charge >= 0.3 is 0 Å². The van der Waals surface area contributed by atoms with Gasteiger partial charge in [0.2, 0.25) is 0 Å². The number of benzene rings is 2. The molecule has 0 unspecified atom stereocenters. The number of hydrogen-bond donors (Lipinski definition) is 1. The molecule has 28 heavy (non-hydrogen) atoms. The molecule has 0 aliphatic carbocycles. The first-order chi connectivity index (χ1) is 13.5. The Kier molecular flexibility index (Phi) is 4.60. The zero-order chi connectivity index (χ0) is 19.7. The first kappa shape index (κ1) is 17.8. The van der Waals surface area contributed by atoms with Crippen LogP contribution in [0.5, 0.6) is 0 Å². The summed E-state index contributed by atoms with van der Waals surface area (Å²) in [5, 5.41) is 15.2. The lowest BCUT2D eigenvalue weighted by molar-refractivity contribution is 0.0954. The van der Waals surface area contributed by atoms with Crippen LogP contribution in [0.3, 0.4) is 0 Å². The Labute approximate surface area is 160 Å². The lowest BCUT2D eigenvalue weighted by atomic mass is 10.1. The summed E-state index contributed by atoms with van der Waals surface area (Å²) in [4.78, 5) is 12.5. The molecule has 142 valence electrons. The first-order valence-electron chi connectivity index (χ1n) is 8.90. The molecule has 1 N–H and O–H groups in total. The van der Waals surface area contributed by atoms with Crippen LogP contribution in [0.15, 0.2) is 48.7 Å². The maximum absolute atomic E-state index is 13.6. The van der Waals surface area contributed by atoms with Gasteiger partial charge in [0.25, 0.3) is 5.91 Å². The summed E-state index contributed by atoms with van der Waals surface area (Å²) in [5.74, 6) is 0.193. The average Bonchev–Trinajstić information content (AvgIpc) is 3.25. The Morgan fingerprint density at radius 3 is 2.86 bits per heavy atom. The molecule has 4 rings (SSSR count). The smallest absolute Gasteiger partial charge is 0.251 e. The van der Waals surface area contributed by atoms with E-state index in [1.165, 1.54) is 12.1 Å². The maximum atomic E-state index is 13.6. The summed E-state index contributed by atoms with van der Waals surface area (Å²) in [7, 11) is 1.93. The predicted molar refractivity (Wildman–Crippen MR) is 103 cm³/mol. The number of nitrogens with zero attached hydrogens (tertiary/aromatic N) is 5. The van der Waals surface area contributed by atoms with Crippen LogP contribution in [0.1, 0.15) is 21.7 Å². The molecule has 1 amide bonds. The summed E-state index contributed by atoms with van der Waals surface area (Å²) in [5.41, 5.74) is 3.21. The molecule has 7 nitrogen and oxygen atoms in total. The van der Waals surface area contributed by atoms with Crippen molar-refractivity contribution in [1.29, 1.82) is 0 Å². The van der Waals surface area contributed by atoms with E-state index in [2.05, 4.69) is 20.8 Å². The van der Waals surface area contributed by atoms with E-state index in [0.717, 1.165) is 22.2 Å². The van der Waals surface area contributed by atoms with Crippen molar-refractivity contribution in [2.24, 2.45) is 7.05 Å². The van der Waals surface area contributed by atoms with E-state index < -0.39 is 0 Å². The van der Waals surface area contributed by atoms with E-state index in [1.807, 2.05) is 23.9 Å². The van der Waals surface area contributed by atoms with Gasteiger partial charge in [0.15, 0.2) is 5.82 Å². The molecule has 0 fully saturated rings. The van der Waals surface area contributed by atoms with Crippen LogP contribution < -0.4 is 5.32 Å². The summed E-state index contributed by atoms with van der Waals surface area (Å²) in [6, 6.07) is 11.9. The Balaban J connectivity index is 1.46. The SMILES string of the molecule is Cc1nnnn1-c1cccc(C(=O)NCCc2cn(C)c3ccc(F)cc23)c1. The Morgan fingerprint density at radius 2 is 2.07 bits per heavy atom. The number of aromatic nitrogens is 5. The molecule has 0 aliphatic heterocycles. The van der Waals surface area contributed by atoms with E-state index >= 15 is 0 Å². The van der Waals surface area contributed by atoms with Gasteiger partial charge in [0, 0.05) is 36.3 Å². The minimum absolute atomic E-state index is 0.181. The zero-order valence-corrected chi connectivity index (χ0v) is 15.6. The fraction of sp³-hybridized carbons (Fsp3) is 0.200. The minimum atomic E-state index is -0.265. The Bertz CT molecular complexity index is 1160. The van der Waals surface area contributed by atoms with E-state index in [-0.39, 0.29) is 11.7 Å². The molecule has 8 heteroatoms. The highest BCUT2D eigenvalue weighted by atomic mass is 19.1. The van der Waals surface area contributed by atoms with Crippen molar-refractivity contribution < 1.29 is 9.18 Å². The molecule has 0 aliphatic rings. The largest absolute Gasteiger partial charge is 0.352 e. The first-order valence-corrected chi connectivity index (χ1v) is 8.90. The van der Waals surface area contributed by atoms with Crippen molar-refractivity contribution in [3.63, 3.8) is 0 Å².